The number of hydrogen-bond acceptors (Lipinski definition) is 6. The lowest BCUT2D eigenvalue weighted by Gasteiger charge is -2.24. The highest BCUT2D eigenvalue weighted by molar-refractivity contribution is 7.90. The van der Waals surface area contributed by atoms with Gasteiger partial charge in [-0.1, -0.05) is 13.0 Å². The fourth-order valence-electron chi connectivity index (χ4n) is 2.27. The van der Waals surface area contributed by atoms with Crippen molar-refractivity contribution in [1.29, 1.82) is 0 Å². The molecule has 1 aromatic carbocycles. The molecule has 124 valence electrons. The molecule has 0 spiro atoms. The molecule has 1 aliphatic carbocycles. The second-order valence-electron chi connectivity index (χ2n) is 5.21. The first kappa shape index (κ1) is 17.2. The number of rotatable bonds is 6. The van der Waals surface area contributed by atoms with Crippen LogP contribution in [0.2, 0.25) is 0 Å². The highest BCUT2D eigenvalue weighted by Gasteiger charge is 2.40. The Morgan fingerprint density at radius 3 is 2.52 bits per heavy atom. The predicted molar refractivity (Wildman–Crippen MR) is 85.4 cm³/mol. The number of nitrogens with zero attached hydrogens (tertiary/aromatic N) is 1. The van der Waals surface area contributed by atoms with Gasteiger partial charge >= 0.3 is 5.66 Å². The first-order valence-electron chi connectivity index (χ1n) is 7.04. The van der Waals surface area contributed by atoms with Crippen LogP contribution in [0.3, 0.4) is 0 Å². The summed E-state index contributed by atoms with van der Waals surface area (Å²) in [6.45, 7) is 2.24. The molecule has 0 fully saturated rings. The molecule has 0 aromatic heterocycles. The summed E-state index contributed by atoms with van der Waals surface area (Å²) in [7, 11) is -3.27. The maximum absolute atomic E-state index is 11.4. The zero-order valence-corrected chi connectivity index (χ0v) is 13.7. The van der Waals surface area contributed by atoms with E-state index in [0.29, 0.717) is 18.1 Å². The Hall–Kier alpha value is -2.19. The molecular weight excluding hydrogens is 320 g/mol. The van der Waals surface area contributed by atoms with Gasteiger partial charge in [-0.05, 0) is 36.9 Å². The summed E-state index contributed by atoms with van der Waals surface area (Å²) < 4.78 is 28.4. The van der Waals surface area contributed by atoms with E-state index in [0.717, 1.165) is 6.26 Å². The molecule has 8 heteroatoms. The summed E-state index contributed by atoms with van der Waals surface area (Å²) in [5, 5.41) is 14.2. The van der Waals surface area contributed by atoms with Crippen LogP contribution in [0.1, 0.15) is 13.3 Å². The van der Waals surface area contributed by atoms with Crippen molar-refractivity contribution in [2.75, 3.05) is 12.8 Å². The van der Waals surface area contributed by atoms with E-state index in [9.17, 15) is 18.5 Å². The molecule has 0 saturated heterocycles. The average Bonchev–Trinajstić information content (AvgIpc) is 2.47. The number of benzene rings is 1. The van der Waals surface area contributed by atoms with Gasteiger partial charge < -0.3 is 4.74 Å². The third kappa shape index (κ3) is 3.96. The molecule has 0 saturated carbocycles. The third-order valence-electron chi connectivity index (χ3n) is 3.39. The van der Waals surface area contributed by atoms with E-state index in [1.807, 2.05) is 0 Å². The monoisotopic (exact) mass is 338 g/mol. The molecule has 0 bridgehead atoms. The van der Waals surface area contributed by atoms with Crippen LogP contribution in [0.5, 0.6) is 5.75 Å². The Balaban J connectivity index is 2.23. The van der Waals surface area contributed by atoms with Gasteiger partial charge in [0.15, 0.2) is 9.84 Å². The number of nitro groups is 1. The van der Waals surface area contributed by atoms with Gasteiger partial charge in [-0.3, -0.25) is 10.1 Å². The van der Waals surface area contributed by atoms with Gasteiger partial charge in [0.2, 0.25) is 0 Å². The van der Waals surface area contributed by atoms with E-state index >= 15 is 0 Å². The van der Waals surface area contributed by atoms with E-state index in [-0.39, 0.29) is 16.2 Å². The minimum Gasteiger partial charge on any atom is -0.457 e. The number of nitrogens with one attached hydrogen (secondary N) is 1. The van der Waals surface area contributed by atoms with Crippen molar-refractivity contribution in [1.82, 2.24) is 5.32 Å². The topological polar surface area (TPSA) is 98.5 Å². The highest BCUT2D eigenvalue weighted by Crippen LogP contribution is 2.25. The van der Waals surface area contributed by atoms with Crippen molar-refractivity contribution in [3.05, 3.63) is 58.4 Å². The molecule has 0 amide bonds. The van der Waals surface area contributed by atoms with Gasteiger partial charge in [0.05, 0.1) is 17.4 Å². The first-order valence-corrected chi connectivity index (χ1v) is 8.93. The van der Waals surface area contributed by atoms with E-state index in [1.54, 1.807) is 19.1 Å². The summed E-state index contributed by atoms with van der Waals surface area (Å²) in [4.78, 5) is 11.2. The van der Waals surface area contributed by atoms with Crippen LogP contribution < -0.4 is 10.1 Å². The lowest BCUT2D eigenvalue weighted by Crippen LogP contribution is -2.51. The van der Waals surface area contributed by atoms with Crippen LogP contribution >= 0.6 is 0 Å². The SMILES string of the molecule is CCNC1([N+](=O)[O-])C=C(Oc2ccc(S(C)(=O)=O)cc2)C=CC1. The summed E-state index contributed by atoms with van der Waals surface area (Å²) in [6.07, 6.45) is 6.11. The summed E-state index contributed by atoms with van der Waals surface area (Å²) in [5.74, 6) is 0.741. The van der Waals surface area contributed by atoms with Crippen molar-refractivity contribution in [2.45, 2.75) is 23.9 Å². The summed E-state index contributed by atoms with van der Waals surface area (Å²) in [5.41, 5.74) is -1.38. The Kier molecular flexibility index (Phi) is 4.86. The number of sulfone groups is 1. The second kappa shape index (κ2) is 6.51. The van der Waals surface area contributed by atoms with Crippen molar-refractivity contribution in [2.24, 2.45) is 0 Å². The lowest BCUT2D eigenvalue weighted by atomic mass is 10.0. The van der Waals surface area contributed by atoms with Crippen LogP contribution in [0, 0.1) is 10.1 Å². The maximum atomic E-state index is 11.4. The Labute approximate surface area is 134 Å². The van der Waals surface area contributed by atoms with Gasteiger partial charge in [0, 0.05) is 11.2 Å². The predicted octanol–water partition coefficient (Wildman–Crippen LogP) is 1.90. The van der Waals surface area contributed by atoms with Crippen LogP contribution in [0.4, 0.5) is 0 Å². The molecular formula is C15H18N2O5S. The molecule has 1 atom stereocenters. The van der Waals surface area contributed by atoms with Gasteiger partial charge in [-0.15, -0.1) is 0 Å². The number of likely N-dealkylation sites (N-methyl/N-ethyl adjacent to an activating group) is 1. The molecule has 1 unspecified atom stereocenters. The van der Waals surface area contributed by atoms with E-state index in [1.165, 1.54) is 30.3 Å². The Morgan fingerprint density at radius 1 is 1.35 bits per heavy atom. The van der Waals surface area contributed by atoms with Crippen LogP contribution in [0.25, 0.3) is 0 Å². The van der Waals surface area contributed by atoms with Gasteiger partial charge in [0.25, 0.3) is 0 Å². The van der Waals surface area contributed by atoms with Gasteiger partial charge in [-0.2, -0.15) is 0 Å². The lowest BCUT2D eigenvalue weighted by molar-refractivity contribution is -0.562. The normalized spacial score (nSPS) is 20.9. The smallest absolute Gasteiger partial charge is 0.301 e. The average molecular weight is 338 g/mol. The van der Waals surface area contributed by atoms with Crippen molar-refractivity contribution < 1.29 is 18.1 Å². The molecule has 1 aromatic rings. The second-order valence-corrected chi connectivity index (χ2v) is 7.23. The van der Waals surface area contributed by atoms with E-state index in [2.05, 4.69) is 5.32 Å². The standard InChI is InChI=1S/C15H18N2O5S/c1-3-16-15(17(18)19)10-4-5-13(11-15)22-12-6-8-14(9-7-12)23(2,20)21/h4-9,11,16H,3,10H2,1-2H3. The highest BCUT2D eigenvalue weighted by atomic mass is 32.2. The minimum atomic E-state index is -3.27. The van der Waals surface area contributed by atoms with E-state index in [4.69, 9.17) is 4.74 Å². The summed E-state index contributed by atoms with van der Waals surface area (Å²) in [6, 6.07) is 5.90. The van der Waals surface area contributed by atoms with Crippen molar-refractivity contribution >= 4 is 9.84 Å². The number of hydrogen-bond donors (Lipinski definition) is 1. The summed E-state index contributed by atoms with van der Waals surface area (Å²) >= 11 is 0. The molecule has 0 aliphatic heterocycles. The van der Waals surface area contributed by atoms with Crippen molar-refractivity contribution in [3.8, 4) is 5.75 Å². The fourth-order valence-corrected chi connectivity index (χ4v) is 2.90. The zero-order valence-electron chi connectivity index (χ0n) is 12.9. The van der Waals surface area contributed by atoms with Gasteiger partial charge in [-0.25, -0.2) is 13.7 Å². The zero-order chi connectivity index (χ0) is 17.1. The number of allylic oxidation sites excluding steroid dienone is 1. The van der Waals surface area contributed by atoms with Gasteiger partial charge in [0.1, 0.15) is 11.5 Å². The molecule has 0 radical (unpaired) electrons. The molecule has 7 nitrogen and oxygen atoms in total. The van der Waals surface area contributed by atoms with Crippen LogP contribution in [-0.2, 0) is 9.84 Å². The van der Waals surface area contributed by atoms with Crippen LogP contribution in [0.15, 0.2) is 53.1 Å². The number of ether oxygens (including phenoxy) is 1. The quantitative estimate of drug-likeness (QED) is 0.483. The molecule has 0 heterocycles. The maximum Gasteiger partial charge on any atom is 0.301 e. The molecule has 23 heavy (non-hydrogen) atoms. The first-order chi connectivity index (χ1) is 10.8. The van der Waals surface area contributed by atoms with Crippen LogP contribution in [-0.4, -0.2) is 31.8 Å². The Bertz CT molecular complexity index is 753. The largest absolute Gasteiger partial charge is 0.457 e. The molecule has 1 aliphatic rings. The molecule has 2 rings (SSSR count). The molecule has 1 N–H and O–H groups in total. The Morgan fingerprint density at radius 2 is 2.00 bits per heavy atom. The van der Waals surface area contributed by atoms with E-state index < -0.39 is 15.5 Å². The third-order valence-corrected chi connectivity index (χ3v) is 4.52. The fraction of sp³-hybridized carbons (Fsp3) is 0.333. The minimum absolute atomic E-state index is 0.185. The van der Waals surface area contributed by atoms with Crippen molar-refractivity contribution in [3.63, 3.8) is 0 Å².